The minimum Gasteiger partial charge on any atom is -0.383 e. The van der Waals surface area contributed by atoms with E-state index in [0.717, 1.165) is 26.2 Å². The largest absolute Gasteiger partial charge is 0.383 e. The van der Waals surface area contributed by atoms with Gasteiger partial charge < -0.3 is 10.1 Å². The Hall–Kier alpha value is -0.120. The van der Waals surface area contributed by atoms with Gasteiger partial charge in [-0.05, 0) is 10.8 Å². The number of ether oxygens (including phenoxy) is 1. The summed E-state index contributed by atoms with van der Waals surface area (Å²) in [4.78, 5) is 2.61. The SMILES string of the molecule is COCCN1CC(C(C)(C)C)NCC1C(C)(C)C. The molecule has 1 fully saturated rings. The minimum absolute atomic E-state index is 0.309. The van der Waals surface area contributed by atoms with E-state index in [4.69, 9.17) is 4.74 Å². The fraction of sp³-hybridized carbons (Fsp3) is 1.00. The van der Waals surface area contributed by atoms with Crippen LogP contribution in [0, 0.1) is 10.8 Å². The third-order valence-electron chi connectivity index (χ3n) is 4.04. The van der Waals surface area contributed by atoms with Crippen LogP contribution in [-0.2, 0) is 4.74 Å². The van der Waals surface area contributed by atoms with Crippen molar-refractivity contribution in [2.24, 2.45) is 10.8 Å². The van der Waals surface area contributed by atoms with Crippen molar-refractivity contribution < 1.29 is 4.74 Å². The van der Waals surface area contributed by atoms with Crippen LogP contribution in [0.2, 0.25) is 0 Å². The molecule has 0 radical (unpaired) electrons. The zero-order valence-corrected chi connectivity index (χ0v) is 13.3. The summed E-state index contributed by atoms with van der Waals surface area (Å²) in [6.07, 6.45) is 0. The van der Waals surface area contributed by atoms with E-state index in [2.05, 4.69) is 51.8 Å². The summed E-state index contributed by atoms with van der Waals surface area (Å²) in [6.45, 7) is 18.0. The van der Waals surface area contributed by atoms with Gasteiger partial charge in [0.1, 0.15) is 0 Å². The maximum atomic E-state index is 5.26. The predicted octanol–water partition coefficient (Wildman–Crippen LogP) is 2.37. The molecule has 0 aromatic carbocycles. The lowest BCUT2D eigenvalue weighted by atomic mass is 9.79. The van der Waals surface area contributed by atoms with Gasteiger partial charge in [-0.2, -0.15) is 0 Å². The molecule has 0 aliphatic carbocycles. The fourth-order valence-electron chi connectivity index (χ4n) is 2.70. The van der Waals surface area contributed by atoms with Gasteiger partial charge in [-0.3, -0.25) is 4.90 Å². The lowest BCUT2D eigenvalue weighted by Gasteiger charge is -2.49. The van der Waals surface area contributed by atoms with Crippen LogP contribution in [0.3, 0.4) is 0 Å². The molecule has 1 N–H and O–H groups in total. The van der Waals surface area contributed by atoms with E-state index in [1.807, 2.05) is 0 Å². The molecular weight excluding hydrogens is 224 g/mol. The molecule has 1 heterocycles. The third kappa shape index (κ3) is 4.22. The zero-order valence-electron chi connectivity index (χ0n) is 13.3. The molecule has 3 nitrogen and oxygen atoms in total. The van der Waals surface area contributed by atoms with Gasteiger partial charge in [0.2, 0.25) is 0 Å². The summed E-state index contributed by atoms with van der Waals surface area (Å²) in [6, 6.07) is 1.15. The van der Waals surface area contributed by atoms with Gasteiger partial charge in [-0.1, -0.05) is 41.5 Å². The quantitative estimate of drug-likeness (QED) is 0.839. The first-order valence-corrected chi connectivity index (χ1v) is 7.12. The molecule has 0 amide bonds. The Morgan fingerprint density at radius 2 is 1.72 bits per heavy atom. The highest BCUT2D eigenvalue weighted by Gasteiger charge is 2.38. The molecule has 3 heteroatoms. The first-order valence-electron chi connectivity index (χ1n) is 7.12. The molecule has 0 aromatic rings. The Morgan fingerprint density at radius 3 is 2.17 bits per heavy atom. The smallest absolute Gasteiger partial charge is 0.0589 e. The van der Waals surface area contributed by atoms with Crippen molar-refractivity contribution in [3.8, 4) is 0 Å². The molecular formula is C15H32N2O. The first kappa shape index (κ1) is 15.9. The third-order valence-corrected chi connectivity index (χ3v) is 4.04. The second kappa shape index (κ2) is 5.89. The average molecular weight is 256 g/mol. The van der Waals surface area contributed by atoms with E-state index in [-0.39, 0.29) is 0 Å². The Kier molecular flexibility index (Phi) is 5.22. The van der Waals surface area contributed by atoms with Crippen molar-refractivity contribution in [1.29, 1.82) is 0 Å². The molecule has 108 valence electrons. The fourth-order valence-corrected chi connectivity index (χ4v) is 2.70. The summed E-state index contributed by atoms with van der Waals surface area (Å²) in [5, 5.41) is 3.74. The molecule has 0 spiro atoms. The zero-order chi connectivity index (χ0) is 14.0. The lowest BCUT2D eigenvalue weighted by molar-refractivity contribution is 0.0146. The van der Waals surface area contributed by atoms with E-state index in [0.29, 0.717) is 22.9 Å². The van der Waals surface area contributed by atoms with Gasteiger partial charge in [0.15, 0.2) is 0 Å². The van der Waals surface area contributed by atoms with Crippen molar-refractivity contribution in [1.82, 2.24) is 10.2 Å². The highest BCUT2D eigenvalue weighted by atomic mass is 16.5. The second-order valence-electron chi connectivity index (χ2n) is 7.70. The molecule has 1 saturated heterocycles. The average Bonchev–Trinajstić information content (AvgIpc) is 2.23. The number of nitrogens with one attached hydrogen (secondary N) is 1. The maximum absolute atomic E-state index is 5.26. The number of hydrogen-bond acceptors (Lipinski definition) is 3. The van der Waals surface area contributed by atoms with Crippen molar-refractivity contribution in [3.05, 3.63) is 0 Å². The molecule has 1 aliphatic heterocycles. The normalized spacial score (nSPS) is 27.5. The van der Waals surface area contributed by atoms with E-state index < -0.39 is 0 Å². The van der Waals surface area contributed by atoms with E-state index in [1.54, 1.807) is 7.11 Å². The molecule has 0 bridgehead atoms. The minimum atomic E-state index is 0.309. The Balaban J connectivity index is 2.73. The Morgan fingerprint density at radius 1 is 1.11 bits per heavy atom. The highest BCUT2D eigenvalue weighted by molar-refractivity contribution is 4.95. The van der Waals surface area contributed by atoms with Crippen LogP contribution < -0.4 is 5.32 Å². The van der Waals surface area contributed by atoms with Gasteiger partial charge in [-0.25, -0.2) is 0 Å². The summed E-state index contributed by atoms with van der Waals surface area (Å²) in [5.74, 6) is 0. The molecule has 18 heavy (non-hydrogen) atoms. The van der Waals surface area contributed by atoms with Crippen LogP contribution in [0.25, 0.3) is 0 Å². The van der Waals surface area contributed by atoms with Gasteiger partial charge in [0.05, 0.1) is 6.61 Å². The Bertz CT molecular complexity index is 252. The number of nitrogens with zero attached hydrogens (tertiary/aromatic N) is 1. The van der Waals surface area contributed by atoms with Crippen molar-refractivity contribution >= 4 is 0 Å². The maximum Gasteiger partial charge on any atom is 0.0589 e. The predicted molar refractivity (Wildman–Crippen MR) is 77.9 cm³/mol. The number of methoxy groups -OCH3 is 1. The molecule has 1 aliphatic rings. The van der Waals surface area contributed by atoms with Crippen LogP contribution >= 0.6 is 0 Å². The molecule has 1 rings (SSSR count). The number of piperazine rings is 1. The van der Waals surface area contributed by atoms with Crippen LogP contribution in [0.4, 0.5) is 0 Å². The van der Waals surface area contributed by atoms with E-state index in [9.17, 15) is 0 Å². The topological polar surface area (TPSA) is 24.5 Å². The van der Waals surface area contributed by atoms with Crippen LogP contribution in [-0.4, -0.2) is 50.3 Å². The molecule has 0 aromatic heterocycles. The van der Waals surface area contributed by atoms with Crippen molar-refractivity contribution in [2.45, 2.75) is 53.6 Å². The van der Waals surface area contributed by atoms with Crippen LogP contribution in [0.15, 0.2) is 0 Å². The van der Waals surface area contributed by atoms with E-state index >= 15 is 0 Å². The van der Waals surface area contributed by atoms with Gasteiger partial charge in [0.25, 0.3) is 0 Å². The van der Waals surface area contributed by atoms with Crippen LogP contribution in [0.1, 0.15) is 41.5 Å². The summed E-state index contributed by atoms with van der Waals surface area (Å²) in [7, 11) is 1.79. The number of hydrogen-bond donors (Lipinski definition) is 1. The van der Waals surface area contributed by atoms with Gasteiger partial charge in [0, 0.05) is 38.8 Å². The van der Waals surface area contributed by atoms with E-state index in [1.165, 1.54) is 0 Å². The second-order valence-corrected chi connectivity index (χ2v) is 7.70. The van der Waals surface area contributed by atoms with Gasteiger partial charge in [-0.15, -0.1) is 0 Å². The number of rotatable bonds is 3. The van der Waals surface area contributed by atoms with Crippen LogP contribution in [0.5, 0.6) is 0 Å². The monoisotopic (exact) mass is 256 g/mol. The molecule has 2 atom stereocenters. The molecule has 0 saturated carbocycles. The van der Waals surface area contributed by atoms with Crippen molar-refractivity contribution in [3.63, 3.8) is 0 Å². The first-order chi connectivity index (χ1) is 8.16. The highest BCUT2D eigenvalue weighted by Crippen LogP contribution is 2.30. The molecule has 2 unspecified atom stereocenters. The lowest BCUT2D eigenvalue weighted by Crippen LogP contribution is -2.63. The summed E-state index contributed by atoms with van der Waals surface area (Å²) >= 11 is 0. The standard InChI is InChI=1S/C15H32N2O/c1-14(2,3)12-11-17(8-9-18-7)13(10-16-12)15(4,5)6/h12-13,16H,8-11H2,1-7H3. The van der Waals surface area contributed by atoms with Gasteiger partial charge >= 0.3 is 0 Å². The van der Waals surface area contributed by atoms with Crippen molar-refractivity contribution in [2.75, 3.05) is 33.4 Å². The summed E-state index contributed by atoms with van der Waals surface area (Å²) in [5.41, 5.74) is 0.623. The summed E-state index contributed by atoms with van der Waals surface area (Å²) < 4.78 is 5.26. The Labute approximate surface area is 113 Å².